The molecule has 6 nitrogen and oxygen atoms in total. The zero-order valence-corrected chi connectivity index (χ0v) is 21.3. The van der Waals surface area contributed by atoms with Crippen LogP contribution < -0.4 is 14.8 Å². The van der Waals surface area contributed by atoms with Crippen molar-refractivity contribution in [3.05, 3.63) is 86.0 Å². The van der Waals surface area contributed by atoms with Crippen molar-refractivity contribution in [2.24, 2.45) is 0 Å². The zero-order chi connectivity index (χ0) is 24.7. The van der Waals surface area contributed by atoms with Crippen molar-refractivity contribution in [1.29, 1.82) is 5.26 Å². The van der Waals surface area contributed by atoms with Gasteiger partial charge in [-0.05, 0) is 108 Å². The Morgan fingerprint density at radius 2 is 1.82 bits per heavy atom. The van der Waals surface area contributed by atoms with E-state index in [0.717, 1.165) is 9.13 Å². The fraction of sp³-hybridized carbons (Fsp3) is 0.185. The summed E-state index contributed by atoms with van der Waals surface area (Å²) in [4.78, 5) is 12.6. The van der Waals surface area contributed by atoms with Gasteiger partial charge in [0, 0.05) is 5.69 Å². The van der Waals surface area contributed by atoms with Crippen molar-refractivity contribution >= 4 is 40.3 Å². The van der Waals surface area contributed by atoms with Gasteiger partial charge in [0.05, 0.1) is 10.2 Å². The number of hydrogen-bond acceptors (Lipinski definition) is 5. The van der Waals surface area contributed by atoms with Gasteiger partial charge in [-0.1, -0.05) is 18.2 Å². The molecule has 34 heavy (non-hydrogen) atoms. The number of amides is 1. The minimum atomic E-state index is -0.545. The van der Waals surface area contributed by atoms with E-state index < -0.39 is 5.91 Å². The van der Waals surface area contributed by atoms with Crippen LogP contribution in [0.4, 0.5) is 5.69 Å². The van der Waals surface area contributed by atoms with Crippen LogP contribution in [-0.4, -0.2) is 17.6 Å². The molecule has 0 aliphatic rings. The summed E-state index contributed by atoms with van der Waals surface area (Å²) in [6.45, 7) is 6.86. The predicted molar refractivity (Wildman–Crippen MR) is 141 cm³/mol. The van der Waals surface area contributed by atoms with Crippen LogP contribution in [0.15, 0.2) is 60.2 Å². The maximum atomic E-state index is 12.6. The third kappa shape index (κ3) is 6.51. The van der Waals surface area contributed by atoms with Gasteiger partial charge in [0.1, 0.15) is 24.0 Å². The molecule has 0 radical (unpaired) electrons. The molecule has 2 N–H and O–H groups in total. The molecule has 0 bridgehead atoms. The molecule has 7 heteroatoms. The molecule has 0 heterocycles. The van der Waals surface area contributed by atoms with Gasteiger partial charge >= 0.3 is 0 Å². The zero-order valence-electron chi connectivity index (χ0n) is 19.2. The number of carbonyl (C=O) groups excluding carboxylic acids is 1. The Bertz CT molecular complexity index is 1260. The van der Waals surface area contributed by atoms with E-state index in [9.17, 15) is 15.2 Å². The fourth-order valence-electron chi connectivity index (χ4n) is 3.18. The number of benzene rings is 3. The number of aryl methyl sites for hydroxylation is 2. The second kappa shape index (κ2) is 11.6. The molecule has 0 saturated heterocycles. The molecular weight excluding hydrogens is 543 g/mol. The summed E-state index contributed by atoms with van der Waals surface area (Å²) in [6, 6.07) is 17.8. The Morgan fingerprint density at radius 1 is 1.09 bits per heavy atom. The van der Waals surface area contributed by atoms with Crippen LogP contribution in [0.5, 0.6) is 17.2 Å². The molecule has 1 amide bonds. The molecule has 0 aliphatic heterocycles. The Hall–Kier alpha value is -3.51. The summed E-state index contributed by atoms with van der Waals surface area (Å²) in [7, 11) is 0. The number of hydrogen-bond donors (Lipinski definition) is 2. The lowest BCUT2D eigenvalue weighted by Crippen LogP contribution is -2.13. The van der Waals surface area contributed by atoms with Crippen molar-refractivity contribution in [1.82, 2.24) is 0 Å². The molecule has 0 aromatic heterocycles. The van der Waals surface area contributed by atoms with E-state index in [1.54, 1.807) is 18.2 Å². The summed E-state index contributed by atoms with van der Waals surface area (Å²) in [6.07, 6.45) is 1.51. The summed E-state index contributed by atoms with van der Waals surface area (Å²) in [5.41, 5.74) is 4.55. The number of rotatable bonds is 8. The molecular formula is C27H25IN2O4. The third-order valence-corrected chi connectivity index (χ3v) is 5.89. The van der Waals surface area contributed by atoms with E-state index in [2.05, 4.69) is 53.9 Å². The largest absolute Gasteiger partial charge is 0.508 e. The van der Waals surface area contributed by atoms with Gasteiger partial charge in [-0.3, -0.25) is 4.79 Å². The van der Waals surface area contributed by atoms with Crippen molar-refractivity contribution < 1.29 is 19.4 Å². The van der Waals surface area contributed by atoms with E-state index in [0.29, 0.717) is 36.0 Å². The van der Waals surface area contributed by atoms with Gasteiger partial charge in [-0.2, -0.15) is 5.26 Å². The summed E-state index contributed by atoms with van der Waals surface area (Å²) in [5, 5.41) is 21.6. The molecule has 174 valence electrons. The number of nitrogens with one attached hydrogen (secondary N) is 1. The minimum absolute atomic E-state index is 0.0601. The van der Waals surface area contributed by atoms with Crippen LogP contribution in [-0.2, 0) is 11.4 Å². The highest BCUT2D eigenvalue weighted by Crippen LogP contribution is 2.35. The highest BCUT2D eigenvalue weighted by atomic mass is 127. The minimum Gasteiger partial charge on any atom is -0.508 e. The highest BCUT2D eigenvalue weighted by Gasteiger charge is 2.15. The number of phenols is 1. The first-order valence-electron chi connectivity index (χ1n) is 10.7. The van der Waals surface area contributed by atoms with Gasteiger partial charge in [-0.25, -0.2) is 0 Å². The fourth-order valence-corrected chi connectivity index (χ4v) is 3.96. The van der Waals surface area contributed by atoms with Crippen LogP contribution in [0.3, 0.4) is 0 Å². The highest BCUT2D eigenvalue weighted by molar-refractivity contribution is 14.1. The van der Waals surface area contributed by atoms with Crippen molar-refractivity contribution in [2.45, 2.75) is 27.4 Å². The number of halogens is 1. The number of phenolic OH excluding ortho intramolecular Hbond substituents is 1. The van der Waals surface area contributed by atoms with Gasteiger partial charge in [0.25, 0.3) is 5.91 Å². The molecule has 0 saturated carbocycles. The van der Waals surface area contributed by atoms with Crippen LogP contribution in [0, 0.1) is 28.7 Å². The number of nitriles is 1. The molecule has 0 fully saturated rings. The number of nitrogens with zero attached hydrogens (tertiary/aromatic N) is 1. The maximum Gasteiger partial charge on any atom is 0.266 e. The Morgan fingerprint density at radius 3 is 2.47 bits per heavy atom. The lowest BCUT2D eigenvalue weighted by Gasteiger charge is -2.15. The molecule has 3 aromatic rings. The SMILES string of the molecule is CCOc1cc(/C=C(\C#N)C(=O)Nc2ccc(O)cc2)cc(I)c1OCc1ccc(C)c(C)c1. The quantitative estimate of drug-likeness (QED) is 0.148. The molecule has 0 aliphatic carbocycles. The van der Waals surface area contributed by atoms with Crippen LogP contribution in [0.25, 0.3) is 6.08 Å². The van der Waals surface area contributed by atoms with Crippen molar-refractivity contribution in [2.75, 3.05) is 11.9 Å². The summed E-state index contributed by atoms with van der Waals surface area (Å²) in [5.74, 6) is 0.703. The monoisotopic (exact) mass is 568 g/mol. The van der Waals surface area contributed by atoms with Crippen LogP contribution >= 0.6 is 22.6 Å². The van der Waals surface area contributed by atoms with Gasteiger partial charge in [0.15, 0.2) is 11.5 Å². The lowest BCUT2D eigenvalue weighted by molar-refractivity contribution is -0.112. The topological polar surface area (TPSA) is 91.6 Å². The summed E-state index contributed by atoms with van der Waals surface area (Å²) < 4.78 is 12.7. The smallest absolute Gasteiger partial charge is 0.266 e. The molecule has 3 aromatic carbocycles. The van der Waals surface area contributed by atoms with E-state index in [4.69, 9.17) is 9.47 Å². The van der Waals surface area contributed by atoms with E-state index >= 15 is 0 Å². The van der Waals surface area contributed by atoms with Gasteiger partial charge in [0.2, 0.25) is 0 Å². The second-order valence-electron chi connectivity index (χ2n) is 7.64. The first-order chi connectivity index (χ1) is 16.3. The lowest BCUT2D eigenvalue weighted by atomic mass is 10.1. The van der Waals surface area contributed by atoms with Gasteiger partial charge < -0.3 is 19.9 Å². The Kier molecular flexibility index (Phi) is 8.55. The van der Waals surface area contributed by atoms with Crippen molar-refractivity contribution in [3.8, 4) is 23.3 Å². The molecule has 3 rings (SSSR count). The maximum absolute atomic E-state index is 12.6. The first kappa shape index (κ1) is 25.1. The number of anilines is 1. The average Bonchev–Trinajstić information content (AvgIpc) is 2.80. The first-order valence-corrected chi connectivity index (χ1v) is 11.8. The van der Waals surface area contributed by atoms with E-state index in [-0.39, 0.29) is 11.3 Å². The summed E-state index contributed by atoms with van der Waals surface area (Å²) >= 11 is 2.16. The van der Waals surface area contributed by atoms with Gasteiger partial charge in [-0.15, -0.1) is 0 Å². The molecule has 0 spiro atoms. The second-order valence-corrected chi connectivity index (χ2v) is 8.80. The Balaban J connectivity index is 1.84. The Labute approximate surface area is 213 Å². The van der Waals surface area contributed by atoms with Crippen LogP contribution in [0.2, 0.25) is 0 Å². The molecule has 0 atom stereocenters. The molecule has 0 unspecified atom stereocenters. The van der Waals surface area contributed by atoms with E-state index in [1.165, 1.54) is 29.3 Å². The normalized spacial score (nSPS) is 11.0. The average molecular weight is 568 g/mol. The van der Waals surface area contributed by atoms with Crippen molar-refractivity contribution in [3.63, 3.8) is 0 Å². The van der Waals surface area contributed by atoms with Crippen LogP contribution in [0.1, 0.15) is 29.2 Å². The predicted octanol–water partition coefficient (Wildman–Crippen LogP) is 6.14. The standard InChI is InChI=1S/C27H25IN2O4/c1-4-33-25-14-20(12-21(15-29)27(32)30-22-7-9-23(31)10-8-22)13-24(28)26(25)34-16-19-6-5-17(2)18(3)11-19/h5-14,31H,4,16H2,1-3H3,(H,30,32)/b21-12+. The van der Waals surface area contributed by atoms with E-state index in [1.807, 2.05) is 25.1 Å². The number of ether oxygens (including phenoxy) is 2. The third-order valence-electron chi connectivity index (χ3n) is 5.09. The number of aromatic hydroxyl groups is 1. The number of carbonyl (C=O) groups is 1.